The zero-order valence-corrected chi connectivity index (χ0v) is 8.44. The zero-order chi connectivity index (χ0) is 9.68. The van der Waals surface area contributed by atoms with E-state index in [1.54, 1.807) is 0 Å². The molecule has 0 aliphatic carbocycles. The van der Waals surface area contributed by atoms with Gasteiger partial charge in [-0.05, 0) is 25.4 Å². The number of rotatable bonds is 3. The van der Waals surface area contributed by atoms with Crippen molar-refractivity contribution in [3.05, 3.63) is 10.6 Å². The van der Waals surface area contributed by atoms with Crippen LogP contribution in [0, 0.1) is 6.92 Å². The van der Waals surface area contributed by atoms with Crippen LogP contribution < -0.4 is 10.6 Å². The molecule has 1 aromatic rings. The maximum Gasteiger partial charge on any atom is 0.315 e. The molecule has 0 unspecified atom stereocenters. The van der Waals surface area contributed by atoms with E-state index in [4.69, 9.17) is 0 Å². The molecule has 1 rings (SSSR count). The molecule has 0 atom stereocenters. The summed E-state index contributed by atoms with van der Waals surface area (Å²) in [7, 11) is 0. The third kappa shape index (κ3) is 2.98. The van der Waals surface area contributed by atoms with Gasteiger partial charge in [-0.25, -0.2) is 4.79 Å². The normalized spacial score (nSPS) is 9.69. The molecule has 72 valence electrons. The van der Waals surface area contributed by atoms with Crippen LogP contribution in [0.2, 0.25) is 0 Å². The van der Waals surface area contributed by atoms with Crippen LogP contribution in [-0.4, -0.2) is 22.2 Å². The summed E-state index contributed by atoms with van der Waals surface area (Å²) in [4.78, 5) is 12.0. The van der Waals surface area contributed by atoms with Crippen molar-refractivity contribution < 1.29 is 4.79 Å². The first-order chi connectivity index (χ1) is 6.24. The first kappa shape index (κ1) is 9.91. The molecule has 0 fully saturated rings. The molecule has 13 heavy (non-hydrogen) atoms. The zero-order valence-electron chi connectivity index (χ0n) is 7.63. The fraction of sp³-hybridized carbons (Fsp3) is 0.571. The minimum atomic E-state index is -0.157. The molecule has 5 nitrogen and oxygen atoms in total. The van der Waals surface area contributed by atoms with Gasteiger partial charge in [-0.2, -0.15) is 0 Å². The molecule has 6 heteroatoms. The Kier molecular flexibility index (Phi) is 3.63. The van der Waals surface area contributed by atoms with E-state index in [1.807, 2.05) is 13.8 Å². The highest BCUT2D eigenvalue weighted by atomic mass is 32.1. The highest BCUT2D eigenvalue weighted by Crippen LogP contribution is 2.07. The Morgan fingerprint density at radius 2 is 2.31 bits per heavy atom. The molecule has 0 aliphatic rings. The van der Waals surface area contributed by atoms with Crippen LogP contribution in [0.3, 0.4) is 0 Å². The van der Waals surface area contributed by atoms with Crippen LogP contribution in [-0.2, 0) is 6.54 Å². The number of nitrogens with one attached hydrogen (secondary N) is 2. The van der Waals surface area contributed by atoms with Crippen molar-refractivity contribution in [1.29, 1.82) is 0 Å². The molecule has 1 aromatic heterocycles. The van der Waals surface area contributed by atoms with Crippen molar-refractivity contribution >= 4 is 17.6 Å². The lowest BCUT2D eigenvalue weighted by Crippen LogP contribution is -2.34. The van der Waals surface area contributed by atoms with Gasteiger partial charge in [-0.1, -0.05) is 4.49 Å². The van der Waals surface area contributed by atoms with Gasteiger partial charge in [0.1, 0.15) is 0 Å². The van der Waals surface area contributed by atoms with E-state index in [0.717, 1.165) is 10.6 Å². The molecule has 0 aromatic carbocycles. The summed E-state index contributed by atoms with van der Waals surface area (Å²) in [6.07, 6.45) is 0. The largest absolute Gasteiger partial charge is 0.338 e. The first-order valence-electron chi connectivity index (χ1n) is 4.03. The summed E-state index contributed by atoms with van der Waals surface area (Å²) < 4.78 is 3.77. The van der Waals surface area contributed by atoms with Crippen LogP contribution in [0.5, 0.6) is 0 Å². The Balaban J connectivity index is 2.35. The van der Waals surface area contributed by atoms with Crippen LogP contribution in [0.25, 0.3) is 0 Å². The second-order valence-corrected chi connectivity index (χ2v) is 3.33. The van der Waals surface area contributed by atoms with Crippen LogP contribution in [0.15, 0.2) is 0 Å². The Morgan fingerprint density at radius 1 is 1.54 bits per heavy atom. The minimum absolute atomic E-state index is 0.157. The fourth-order valence-electron chi connectivity index (χ4n) is 0.797. The quantitative estimate of drug-likeness (QED) is 0.753. The molecule has 0 radical (unpaired) electrons. The second-order valence-electron chi connectivity index (χ2n) is 2.49. The average molecular weight is 200 g/mol. The highest BCUT2D eigenvalue weighted by molar-refractivity contribution is 7.05. The maximum absolute atomic E-state index is 11.0. The van der Waals surface area contributed by atoms with Crippen LogP contribution >= 0.6 is 11.5 Å². The number of nitrogens with zero attached hydrogens (tertiary/aromatic N) is 2. The molecule has 1 heterocycles. The highest BCUT2D eigenvalue weighted by Gasteiger charge is 2.04. The SMILES string of the molecule is CCNC(=O)NCc1snnc1C. The summed E-state index contributed by atoms with van der Waals surface area (Å²) in [5.41, 5.74) is 0.877. The standard InChI is InChI=1S/C7H12N4OS/c1-3-8-7(12)9-4-6-5(2)10-11-13-6/h3-4H2,1-2H3,(H2,8,9,12). The van der Waals surface area contributed by atoms with E-state index in [0.29, 0.717) is 13.1 Å². The van der Waals surface area contributed by atoms with E-state index in [2.05, 4.69) is 20.2 Å². The van der Waals surface area contributed by atoms with Crippen LogP contribution in [0.4, 0.5) is 4.79 Å². The molecule has 2 amide bonds. The summed E-state index contributed by atoms with van der Waals surface area (Å²) in [6.45, 7) is 4.87. The Hall–Kier alpha value is -1.17. The predicted octanol–water partition coefficient (Wildman–Crippen LogP) is 0.666. The molecular weight excluding hydrogens is 188 g/mol. The van der Waals surface area contributed by atoms with Crippen molar-refractivity contribution in [3.8, 4) is 0 Å². The third-order valence-electron chi connectivity index (χ3n) is 1.49. The Bertz CT molecular complexity index is 286. The summed E-state index contributed by atoms with van der Waals surface area (Å²) in [6, 6.07) is -0.157. The van der Waals surface area contributed by atoms with Crippen molar-refractivity contribution in [2.45, 2.75) is 20.4 Å². The topological polar surface area (TPSA) is 66.9 Å². The Morgan fingerprint density at radius 3 is 2.85 bits per heavy atom. The number of aromatic nitrogens is 2. The molecule has 0 spiro atoms. The second kappa shape index (κ2) is 4.76. The lowest BCUT2D eigenvalue weighted by atomic mass is 10.4. The molecule has 2 N–H and O–H groups in total. The monoisotopic (exact) mass is 200 g/mol. The van der Waals surface area contributed by atoms with E-state index in [9.17, 15) is 4.79 Å². The number of urea groups is 1. The van der Waals surface area contributed by atoms with E-state index < -0.39 is 0 Å². The van der Waals surface area contributed by atoms with Crippen molar-refractivity contribution in [3.63, 3.8) is 0 Å². The lowest BCUT2D eigenvalue weighted by molar-refractivity contribution is 0.241. The van der Waals surface area contributed by atoms with E-state index >= 15 is 0 Å². The van der Waals surface area contributed by atoms with Gasteiger partial charge in [0.05, 0.1) is 17.1 Å². The van der Waals surface area contributed by atoms with Gasteiger partial charge >= 0.3 is 6.03 Å². The van der Waals surface area contributed by atoms with Crippen molar-refractivity contribution in [2.75, 3.05) is 6.54 Å². The van der Waals surface area contributed by atoms with Crippen molar-refractivity contribution in [1.82, 2.24) is 20.2 Å². The fourth-order valence-corrected chi connectivity index (χ4v) is 1.37. The molecule has 0 bridgehead atoms. The van der Waals surface area contributed by atoms with Gasteiger partial charge in [0.2, 0.25) is 0 Å². The third-order valence-corrected chi connectivity index (χ3v) is 2.32. The number of amides is 2. The number of carbonyl (C=O) groups excluding carboxylic acids is 1. The first-order valence-corrected chi connectivity index (χ1v) is 4.81. The predicted molar refractivity (Wildman–Crippen MR) is 50.6 cm³/mol. The molecule has 0 saturated carbocycles. The van der Waals surface area contributed by atoms with E-state index in [1.165, 1.54) is 11.5 Å². The van der Waals surface area contributed by atoms with Gasteiger partial charge in [-0.3, -0.25) is 0 Å². The lowest BCUT2D eigenvalue weighted by Gasteiger charge is -2.03. The summed E-state index contributed by atoms with van der Waals surface area (Å²) in [5, 5.41) is 9.19. The molecule has 0 aliphatic heterocycles. The van der Waals surface area contributed by atoms with Crippen molar-refractivity contribution in [2.24, 2.45) is 0 Å². The van der Waals surface area contributed by atoms with E-state index in [-0.39, 0.29) is 6.03 Å². The summed E-state index contributed by atoms with van der Waals surface area (Å²) >= 11 is 1.31. The maximum atomic E-state index is 11.0. The number of hydrogen-bond acceptors (Lipinski definition) is 4. The van der Waals surface area contributed by atoms with Gasteiger partial charge in [0, 0.05) is 6.54 Å². The molecular formula is C7H12N4OS. The number of aryl methyl sites for hydroxylation is 1. The van der Waals surface area contributed by atoms with Gasteiger partial charge < -0.3 is 10.6 Å². The molecule has 0 saturated heterocycles. The smallest absolute Gasteiger partial charge is 0.315 e. The van der Waals surface area contributed by atoms with Gasteiger partial charge in [0.15, 0.2) is 0 Å². The van der Waals surface area contributed by atoms with Gasteiger partial charge in [0.25, 0.3) is 0 Å². The minimum Gasteiger partial charge on any atom is -0.338 e. The average Bonchev–Trinajstić information content (AvgIpc) is 2.48. The van der Waals surface area contributed by atoms with Gasteiger partial charge in [-0.15, -0.1) is 5.10 Å². The number of carbonyl (C=O) groups is 1. The summed E-state index contributed by atoms with van der Waals surface area (Å²) in [5.74, 6) is 0. The van der Waals surface area contributed by atoms with Crippen LogP contribution in [0.1, 0.15) is 17.5 Å². The number of hydrogen-bond donors (Lipinski definition) is 2. The Labute approximate surface area is 80.7 Å².